The quantitative estimate of drug-likeness (QED) is 0.278. The van der Waals surface area contributed by atoms with Crippen molar-refractivity contribution in [2.75, 3.05) is 20.8 Å². The summed E-state index contributed by atoms with van der Waals surface area (Å²) in [6.45, 7) is 1.58. The lowest BCUT2D eigenvalue weighted by Gasteiger charge is -2.12. The summed E-state index contributed by atoms with van der Waals surface area (Å²) in [7, 11) is 2.19. The minimum Gasteiger partial charge on any atom is -0.506 e. The highest BCUT2D eigenvalue weighted by Crippen LogP contribution is 2.24. The lowest BCUT2D eigenvalue weighted by Crippen LogP contribution is -2.19. The number of hydrogen-bond acceptors (Lipinski definition) is 7. The van der Waals surface area contributed by atoms with Crippen LogP contribution in [0.25, 0.3) is 5.76 Å². The van der Waals surface area contributed by atoms with E-state index in [2.05, 4.69) is 9.47 Å². The van der Waals surface area contributed by atoms with E-state index in [1.54, 1.807) is 25.1 Å². The number of methoxy groups -OCH3 is 2. The Labute approximate surface area is 139 Å². The minimum atomic E-state index is -0.995. The van der Waals surface area contributed by atoms with Crippen molar-refractivity contribution >= 4 is 23.7 Å². The molecule has 0 fully saturated rings. The molecule has 0 saturated heterocycles. The van der Waals surface area contributed by atoms with E-state index in [1.165, 1.54) is 12.1 Å². The van der Waals surface area contributed by atoms with Crippen LogP contribution in [-0.2, 0) is 28.6 Å². The zero-order chi connectivity index (χ0) is 18.1. The summed E-state index contributed by atoms with van der Waals surface area (Å²) in [5, 5.41) is 10.5. The number of rotatable bonds is 6. The van der Waals surface area contributed by atoms with Crippen LogP contribution in [0, 0.1) is 0 Å². The van der Waals surface area contributed by atoms with Gasteiger partial charge in [0.15, 0.2) is 0 Å². The third-order valence-corrected chi connectivity index (χ3v) is 2.90. The Hall–Kier alpha value is -3.09. The second kappa shape index (κ2) is 9.14. The van der Waals surface area contributed by atoms with Crippen molar-refractivity contribution in [2.45, 2.75) is 6.92 Å². The van der Waals surface area contributed by atoms with Gasteiger partial charge in [0.2, 0.25) is 0 Å². The maximum absolute atomic E-state index is 12.2. The van der Waals surface area contributed by atoms with Gasteiger partial charge in [0.05, 0.1) is 26.4 Å². The molecule has 0 radical (unpaired) electrons. The average molecular weight is 334 g/mol. The highest BCUT2D eigenvalue weighted by molar-refractivity contribution is 6.13. The lowest BCUT2D eigenvalue weighted by molar-refractivity contribution is -0.141. The summed E-state index contributed by atoms with van der Waals surface area (Å²) in [6, 6.07) is 8.04. The SMILES string of the molecule is CCOC(=O)C(/C(=C/C(=O)OC)C(=O)OC)=C(/O)c1ccccc1. The van der Waals surface area contributed by atoms with E-state index in [4.69, 9.17) is 4.74 Å². The molecule has 0 bridgehead atoms. The molecule has 0 amide bonds. The molecule has 0 unspecified atom stereocenters. The Balaban J connectivity index is 3.61. The van der Waals surface area contributed by atoms with Crippen LogP contribution >= 0.6 is 0 Å². The monoisotopic (exact) mass is 334 g/mol. The van der Waals surface area contributed by atoms with Gasteiger partial charge in [-0.05, 0) is 6.92 Å². The van der Waals surface area contributed by atoms with Crippen molar-refractivity contribution in [2.24, 2.45) is 0 Å². The molecule has 0 heterocycles. The molecule has 7 heteroatoms. The predicted octanol–water partition coefficient (Wildman–Crippen LogP) is 1.79. The minimum absolute atomic E-state index is 0.0110. The Bertz CT molecular complexity index is 671. The number of carbonyl (C=O) groups excluding carboxylic acids is 3. The van der Waals surface area contributed by atoms with Crippen LogP contribution in [0.15, 0.2) is 47.6 Å². The molecule has 24 heavy (non-hydrogen) atoms. The van der Waals surface area contributed by atoms with Crippen molar-refractivity contribution in [3.8, 4) is 0 Å². The van der Waals surface area contributed by atoms with E-state index in [-0.39, 0.29) is 12.2 Å². The van der Waals surface area contributed by atoms with E-state index in [0.717, 1.165) is 20.3 Å². The molecule has 0 aliphatic carbocycles. The first-order chi connectivity index (χ1) is 11.5. The molecule has 1 aromatic carbocycles. The molecular weight excluding hydrogens is 316 g/mol. The van der Waals surface area contributed by atoms with E-state index in [9.17, 15) is 19.5 Å². The molecule has 0 aliphatic rings. The van der Waals surface area contributed by atoms with Gasteiger partial charge >= 0.3 is 17.9 Å². The number of aliphatic hydroxyl groups is 1. The van der Waals surface area contributed by atoms with Gasteiger partial charge in [0, 0.05) is 11.6 Å². The first kappa shape index (κ1) is 19.0. The van der Waals surface area contributed by atoms with Gasteiger partial charge in [-0.15, -0.1) is 0 Å². The van der Waals surface area contributed by atoms with Crippen LogP contribution in [0.4, 0.5) is 0 Å². The normalized spacial score (nSPS) is 12.0. The van der Waals surface area contributed by atoms with Gasteiger partial charge in [-0.2, -0.15) is 0 Å². The second-order valence-electron chi connectivity index (χ2n) is 4.38. The Morgan fingerprint density at radius 1 is 1.04 bits per heavy atom. The molecule has 0 aliphatic heterocycles. The van der Waals surface area contributed by atoms with Crippen LogP contribution in [0.5, 0.6) is 0 Å². The number of esters is 3. The molecule has 0 spiro atoms. The third-order valence-electron chi connectivity index (χ3n) is 2.90. The Morgan fingerprint density at radius 2 is 1.67 bits per heavy atom. The van der Waals surface area contributed by atoms with Gasteiger partial charge in [-0.3, -0.25) is 0 Å². The molecule has 1 aromatic rings. The number of benzene rings is 1. The topological polar surface area (TPSA) is 99.1 Å². The van der Waals surface area contributed by atoms with Gasteiger partial charge in [0.25, 0.3) is 0 Å². The second-order valence-corrected chi connectivity index (χ2v) is 4.38. The number of aliphatic hydroxyl groups excluding tert-OH is 1. The molecule has 1 N–H and O–H groups in total. The molecule has 0 atom stereocenters. The Morgan fingerprint density at radius 3 is 2.17 bits per heavy atom. The number of ether oxygens (including phenoxy) is 3. The highest BCUT2D eigenvalue weighted by Gasteiger charge is 2.28. The summed E-state index contributed by atoms with van der Waals surface area (Å²) in [4.78, 5) is 35.8. The number of hydrogen-bond donors (Lipinski definition) is 1. The van der Waals surface area contributed by atoms with E-state index < -0.39 is 34.8 Å². The smallest absolute Gasteiger partial charge is 0.342 e. The summed E-state index contributed by atoms with van der Waals surface area (Å²) in [6.07, 6.45) is 0.761. The first-order valence-electron chi connectivity index (χ1n) is 7.00. The van der Waals surface area contributed by atoms with Crippen molar-refractivity contribution in [1.29, 1.82) is 0 Å². The summed E-state index contributed by atoms with van der Waals surface area (Å²) in [5.74, 6) is -3.38. The standard InChI is InChI=1S/C17H18O7/c1-4-24-17(21)14(15(19)11-8-6-5-7-9-11)12(16(20)23-3)10-13(18)22-2/h5-10,19H,4H2,1-3H3/b12-10-,15-14+. The van der Waals surface area contributed by atoms with Gasteiger partial charge in [-0.1, -0.05) is 30.3 Å². The largest absolute Gasteiger partial charge is 0.506 e. The molecule has 0 aromatic heterocycles. The van der Waals surface area contributed by atoms with Crippen molar-refractivity contribution in [3.05, 3.63) is 53.1 Å². The van der Waals surface area contributed by atoms with Crippen LogP contribution in [-0.4, -0.2) is 43.8 Å². The van der Waals surface area contributed by atoms with E-state index in [0.29, 0.717) is 0 Å². The lowest BCUT2D eigenvalue weighted by atomic mass is 10.0. The van der Waals surface area contributed by atoms with Crippen LogP contribution < -0.4 is 0 Å². The average Bonchev–Trinajstić information content (AvgIpc) is 2.61. The molecular formula is C17H18O7. The molecule has 128 valence electrons. The van der Waals surface area contributed by atoms with Crippen molar-refractivity contribution in [1.82, 2.24) is 0 Å². The fourth-order valence-electron chi connectivity index (χ4n) is 1.80. The summed E-state index contributed by atoms with van der Waals surface area (Å²) >= 11 is 0. The molecule has 7 nitrogen and oxygen atoms in total. The van der Waals surface area contributed by atoms with Gasteiger partial charge < -0.3 is 19.3 Å². The zero-order valence-corrected chi connectivity index (χ0v) is 13.6. The third kappa shape index (κ3) is 4.70. The van der Waals surface area contributed by atoms with Crippen LogP contribution in [0.1, 0.15) is 12.5 Å². The van der Waals surface area contributed by atoms with Crippen LogP contribution in [0.3, 0.4) is 0 Å². The molecule has 0 saturated carbocycles. The maximum Gasteiger partial charge on any atom is 0.342 e. The van der Waals surface area contributed by atoms with E-state index in [1.807, 2.05) is 0 Å². The Kier molecular flexibility index (Phi) is 7.22. The predicted molar refractivity (Wildman–Crippen MR) is 84.7 cm³/mol. The molecule has 1 rings (SSSR count). The zero-order valence-electron chi connectivity index (χ0n) is 13.6. The van der Waals surface area contributed by atoms with Crippen molar-refractivity contribution in [3.63, 3.8) is 0 Å². The fourth-order valence-corrected chi connectivity index (χ4v) is 1.80. The maximum atomic E-state index is 12.2. The van der Waals surface area contributed by atoms with Crippen molar-refractivity contribution < 1.29 is 33.7 Å². The summed E-state index contributed by atoms with van der Waals surface area (Å²) in [5.41, 5.74) is -0.690. The van der Waals surface area contributed by atoms with E-state index >= 15 is 0 Å². The summed E-state index contributed by atoms with van der Waals surface area (Å²) < 4.78 is 13.9. The van der Waals surface area contributed by atoms with Gasteiger partial charge in [-0.25, -0.2) is 14.4 Å². The number of carbonyl (C=O) groups is 3. The van der Waals surface area contributed by atoms with Gasteiger partial charge in [0.1, 0.15) is 11.3 Å². The fraction of sp³-hybridized carbons (Fsp3) is 0.235. The first-order valence-corrected chi connectivity index (χ1v) is 7.00. The highest BCUT2D eigenvalue weighted by atomic mass is 16.5. The van der Waals surface area contributed by atoms with Crippen LogP contribution in [0.2, 0.25) is 0 Å².